The van der Waals surface area contributed by atoms with Gasteiger partial charge in [-0.1, -0.05) is 5.16 Å². The number of carbonyl (C=O) groups is 1. The van der Waals surface area contributed by atoms with E-state index in [1.165, 1.54) is 11.1 Å². The third-order valence-corrected chi connectivity index (χ3v) is 4.13. The number of aromatic nitrogens is 3. The van der Waals surface area contributed by atoms with Crippen molar-refractivity contribution in [3.63, 3.8) is 0 Å². The number of halogens is 3. The van der Waals surface area contributed by atoms with Gasteiger partial charge in [0.1, 0.15) is 12.1 Å². The number of carbonyl (C=O) groups excluding carboxylic acids is 1. The van der Waals surface area contributed by atoms with Crippen molar-refractivity contribution in [2.75, 3.05) is 6.54 Å². The highest BCUT2D eigenvalue weighted by molar-refractivity contribution is 5.76. The molecule has 0 saturated carbocycles. The highest BCUT2D eigenvalue weighted by atomic mass is 19.4. The number of nitrogens with zero attached hydrogens (tertiary/aromatic N) is 4. The van der Waals surface area contributed by atoms with E-state index in [2.05, 4.69) is 10.1 Å². The fraction of sp³-hybridized carbons (Fsp3) is 0.467. The van der Waals surface area contributed by atoms with Gasteiger partial charge >= 0.3 is 6.18 Å². The molecule has 0 spiro atoms. The summed E-state index contributed by atoms with van der Waals surface area (Å²) in [5.41, 5.74) is -2.53. The molecule has 3 rings (SSSR count). The zero-order chi connectivity index (χ0) is 18.0. The van der Waals surface area contributed by atoms with Crippen molar-refractivity contribution in [1.82, 2.24) is 19.6 Å². The number of pyridine rings is 1. The van der Waals surface area contributed by atoms with Crippen LogP contribution in [0.15, 0.2) is 34.0 Å². The minimum Gasteiger partial charge on any atom is -0.343 e. The van der Waals surface area contributed by atoms with Gasteiger partial charge in [0, 0.05) is 12.7 Å². The highest BCUT2D eigenvalue weighted by Gasteiger charge is 2.35. The Bertz CT molecular complexity index is 801. The summed E-state index contributed by atoms with van der Waals surface area (Å²) in [6.45, 7) is -0.0527. The number of amides is 1. The van der Waals surface area contributed by atoms with Crippen molar-refractivity contribution in [3.8, 4) is 0 Å². The Morgan fingerprint density at radius 2 is 2.16 bits per heavy atom. The van der Waals surface area contributed by atoms with Crippen LogP contribution in [0.2, 0.25) is 0 Å². The van der Waals surface area contributed by atoms with Crippen LogP contribution in [0.4, 0.5) is 13.2 Å². The molecule has 2 aromatic heterocycles. The minimum atomic E-state index is -4.76. The molecular weight excluding hydrogens is 341 g/mol. The molecule has 3 heterocycles. The first kappa shape index (κ1) is 17.2. The number of hydrogen-bond acceptors (Lipinski definition) is 5. The molecule has 0 N–H and O–H groups in total. The summed E-state index contributed by atoms with van der Waals surface area (Å²) < 4.78 is 44.0. The molecule has 1 amide bonds. The lowest BCUT2D eigenvalue weighted by Gasteiger charge is -2.34. The van der Waals surface area contributed by atoms with Gasteiger partial charge in [0.05, 0.1) is 6.04 Å². The van der Waals surface area contributed by atoms with Crippen molar-refractivity contribution in [3.05, 3.63) is 46.5 Å². The monoisotopic (exact) mass is 356 g/mol. The topological polar surface area (TPSA) is 81.2 Å². The Hall–Kier alpha value is -2.65. The summed E-state index contributed by atoms with van der Waals surface area (Å²) in [5, 5.41) is 3.75. The Balaban J connectivity index is 1.83. The third kappa shape index (κ3) is 3.57. The van der Waals surface area contributed by atoms with Gasteiger partial charge in [-0.25, -0.2) is 0 Å². The van der Waals surface area contributed by atoms with Gasteiger partial charge in [-0.2, -0.15) is 18.2 Å². The normalized spacial score (nSPS) is 18.4. The molecule has 0 aliphatic carbocycles. The van der Waals surface area contributed by atoms with Gasteiger partial charge in [0.15, 0.2) is 5.82 Å². The van der Waals surface area contributed by atoms with Crippen LogP contribution in [0.1, 0.15) is 36.7 Å². The van der Waals surface area contributed by atoms with Gasteiger partial charge in [-0.05, 0) is 31.4 Å². The van der Waals surface area contributed by atoms with E-state index in [-0.39, 0.29) is 0 Å². The molecule has 1 unspecified atom stereocenters. The van der Waals surface area contributed by atoms with Gasteiger partial charge in [0.25, 0.3) is 5.56 Å². The quantitative estimate of drug-likeness (QED) is 0.840. The summed E-state index contributed by atoms with van der Waals surface area (Å²) >= 11 is 0. The van der Waals surface area contributed by atoms with Crippen LogP contribution in [0.25, 0.3) is 0 Å². The van der Waals surface area contributed by atoms with Crippen LogP contribution in [0.3, 0.4) is 0 Å². The fourth-order valence-corrected chi connectivity index (χ4v) is 2.94. The molecule has 1 fully saturated rings. The molecule has 2 aromatic rings. The summed E-state index contributed by atoms with van der Waals surface area (Å²) in [5.74, 6) is -0.111. The van der Waals surface area contributed by atoms with Gasteiger partial charge in [0.2, 0.25) is 12.3 Å². The Morgan fingerprint density at radius 1 is 1.36 bits per heavy atom. The molecule has 0 aromatic carbocycles. The molecule has 1 atom stereocenters. The lowest BCUT2D eigenvalue weighted by Crippen LogP contribution is -2.42. The number of piperidine rings is 1. The maximum absolute atomic E-state index is 12.8. The molecular formula is C15H15F3N4O3. The van der Waals surface area contributed by atoms with E-state index < -0.39 is 35.8 Å². The van der Waals surface area contributed by atoms with E-state index in [9.17, 15) is 22.8 Å². The molecule has 7 nitrogen and oxygen atoms in total. The van der Waals surface area contributed by atoms with E-state index in [0.717, 1.165) is 29.9 Å². The molecule has 1 aliphatic rings. The van der Waals surface area contributed by atoms with Crippen molar-refractivity contribution in [1.29, 1.82) is 0 Å². The van der Waals surface area contributed by atoms with Gasteiger partial charge in [-0.15, -0.1) is 0 Å². The van der Waals surface area contributed by atoms with Crippen LogP contribution in [-0.2, 0) is 17.5 Å². The van der Waals surface area contributed by atoms with Crippen LogP contribution < -0.4 is 5.56 Å². The molecule has 0 bridgehead atoms. The molecule has 1 saturated heterocycles. The average Bonchev–Trinajstić information content (AvgIpc) is 3.10. The SMILES string of the molecule is O=C(Cn1cccc(C(F)(F)F)c1=O)N1CCCCC1c1ncon1. The highest BCUT2D eigenvalue weighted by Crippen LogP contribution is 2.29. The lowest BCUT2D eigenvalue weighted by molar-refractivity contribution is -0.140. The summed E-state index contributed by atoms with van der Waals surface area (Å²) in [6, 6.07) is 1.40. The fourth-order valence-electron chi connectivity index (χ4n) is 2.94. The number of rotatable bonds is 3. The van der Waals surface area contributed by atoms with E-state index in [1.54, 1.807) is 0 Å². The van der Waals surface area contributed by atoms with E-state index in [1.807, 2.05) is 0 Å². The summed E-state index contributed by atoms with van der Waals surface area (Å²) in [6.07, 6.45) is -0.180. The lowest BCUT2D eigenvalue weighted by atomic mass is 10.0. The van der Waals surface area contributed by atoms with E-state index in [0.29, 0.717) is 24.9 Å². The maximum Gasteiger partial charge on any atom is 0.421 e. The van der Waals surface area contributed by atoms with Crippen molar-refractivity contribution >= 4 is 5.91 Å². The predicted octanol–water partition coefficient (Wildman–Crippen LogP) is 2.00. The zero-order valence-electron chi connectivity index (χ0n) is 13.1. The summed E-state index contributed by atoms with van der Waals surface area (Å²) in [4.78, 5) is 30.0. The van der Waals surface area contributed by atoms with Crippen molar-refractivity contribution in [2.45, 2.75) is 38.0 Å². The molecule has 1 aliphatic heterocycles. The second kappa shape index (κ2) is 6.69. The van der Waals surface area contributed by atoms with Crippen molar-refractivity contribution < 1.29 is 22.5 Å². The first-order chi connectivity index (χ1) is 11.9. The molecule has 10 heteroatoms. The predicted molar refractivity (Wildman–Crippen MR) is 78.3 cm³/mol. The number of hydrogen-bond donors (Lipinski definition) is 0. The van der Waals surface area contributed by atoms with E-state index in [4.69, 9.17) is 4.52 Å². The standard InChI is InChI=1S/C15H15F3N4O3/c16-15(17,18)10-4-3-6-21(14(10)24)8-12(23)22-7-2-1-5-11(22)13-19-9-25-20-13/h3-4,6,9,11H,1-2,5,7-8H2. The smallest absolute Gasteiger partial charge is 0.343 e. The van der Waals surface area contributed by atoms with Crippen LogP contribution in [0.5, 0.6) is 0 Å². The average molecular weight is 356 g/mol. The van der Waals surface area contributed by atoms with Crippen LogP contribution in [-0.4, -0.2) is 32.1 Å². The van der Waals surface area contributed by atoms with Gasteiger partial charge < -0.3 is 14.0 Å². The molecule has 134 valence electrons. The van der Waals surface area contributed by atoms with Crippen LogP contribution in [0, 0.1) is 0 Å². The first-order valence-electron chi connectivity index (χ1n) is 7.70. The maximum atomic E-state index is 12.8. The zero-order valence-corrected chi connectivity index (χ0v) is 13.1. The van der Waals surface area contributed by atoms with Crippen molar-refractivity contribution in [2.24, 2.45) is 0 Å². The van der Waals surface area contributed by atoms with E-state index >= 15 is 0 Å². The number of alkyl halides is 3. The Morgan fingerprint density at radius 3 is 2.84 bits per heavy atom. The third-order valence-electron chi connectivity index (χ3n) is 4.13. The summed E-state index contributed by atoms with van der Waals surface area (Å²) in [7, 11) is 0. The minimum absolute atomic E-state index is 0.351. The van der Waals surface area contributed by atoms with Crippen LogP contribution >= 0.6 is 0 Å². The Kier molecular flexibility index (Phi) is 4.60. The number of likely N-dealkylation sites (tertiary alicyclic amines) is 1. The largest absolute Gasteiger partial charge is 0.421 e. The molecule has 25 heavy (non-hydrogen) atoms. The second-order valence-electron chi connectivity index (χ2n) is 5.74. The Labute approximate surface area is 140 Å². The second-order valence-corrected chi connectivity index (χ2v) is 5.74. The van der Waals surface area contributed by atoms with Gasteiger partial charge in [-0.3, -0.25) is 9.59 Å². The molecule has 0 radical (unpaired) electrons. The first-order valence-corrected chi connectivity index (χ1v) is 7.70.